The first-order chi connectivity index (χ1) is 5.27. The molecule has 3 saturated heterocycles. The van der Waals surface area contributed by atoms with E-state index in [1.807, 2.05) is 0 Å². The Kier molecular flexibility index (Phi) is 0.863. The third kappa shape index (κ3) is 0.520. The molecule has 0 amide bonds. The summed E-state index contributed by atoms with van der Waals surface area (Å²) < 4.78 is 10.3. The van der Waals surface area contributed by atoms with Crippen LogP contribution in [0.15, 0.2) is 0 Å². The average Bonchev–Trinajstić information content (AvgIpc) is 2.53. The van der Waals surface area contributed by atoms with Crippen LogP contribution in [0, 0.1) is 5.92 Å². The minimum absolute atomic E-state index is 0.0894. The maximum atomic E-state index is 11.0. The van der Waals surface area contributed by atoms with Gasteiger partial charge < -0.3 is 14.6 Å². The SMILES string of the molecule is O=C1OC2C(O)C3CC1C2O3. The van der Waals surface area contributed by atoms with Crippen LogP contribution < -0.4 is 0 Å². The molecule has 4 heteroatoms. The number of aliphatic hydroxyl groups is 1. The first kappa shape index (κ1) is 5.97. The van der Waals surface area contributed by atoms with Gasteiger partial charge in [0.1, 0.15) is 12.2 Å². The zero-order valence-electron chi connectivity index (χ0n) is 5.77. The van der Waals surface area contributed by atoms with Gasteiger partial charge in [0.25, 0.3) is 0 Å². The highest BCUT2D eigenvalue weighted by molar-refractivity contribution is 5.77. The van der Waals surface area contributed by atoms with Crippen molar-refractivity contribution in [2.45, 2.75) is 30.8 Å². The molecule has 11 heavy (non-hydrogen) atoms. The number of aliphatic hydroxyl groups excluding tert-OH is 1. The zero-order valence-corrected chi connectivity index (χ0v) is 5.77. The van der Waals surface area contributed by atoms with Crippen LogP contribution in [0.2, 0.25) is 0 Å². The standard InChI is InChI=1S/C7H8O4/c8-4-3-1-2-5(10-3)6(4)11-7(2)9/h2-6,8H,1H2. The van der Waals surface area contributed by atoms with Crippen molar-refractivity contribution >= 4 is 5.97 Å². The molecule has 3 rings (SSSR count). The summed E-state index contributed by atoms with van der Waals surface area (Å²) in [5.74, 6) is -0.285. The predicted molar refractivity (Wildman–Crippen MR) is 32.7 cm³/mol. The monoisotopic (exact) mass is 156 g/mol. The summed E-state index contributed by atoms with van der Waals surface area (Å²) >= 11 is 0. The van der Waals surface area contributed by atoms with Crippen LogP contribution in [0.4, 0.5) is 0 Å². The van der Waals surface area contributed by atoms with Crippen LogP contribution >= 0.6 is 0 Å². The Morgan fingerprint density at radius 1 is 1.45 bits per heavy atom. The smallest absolute Gasteiger partial charge is 0.312 e. The van der Waals surface area contributed by atoms with Crippen molar-refractivity contribution in [3.05, 3.63) is 0 Å². The van der Waals surface area contributed by atoms with Crippen molar-refractivity contribution in [3.8, 4) is 0 Å². The Bertz CT molecular complexity index is 226. The van der Waals surface area contributed by atoms with Crippen LogP contribution in [0.25, 0.3) is 0 Å². The van der Waals surface area contributed by atoms with E-state index in [9.17, 15) is 9.90 Å². The topological polar surface area (TPSA) is 55.8 Å². The molecule has 60 valence electrons. The molecule has 0 aliphatic carbocycles. The maximum absolute atomic E-state index is 11.0. The van der Waals surface area contributed by atoms with Gasteiger partial charge in [-0.25, -0.2) is 0 Å². The van der Waals surface area contributed by atoms with E-state index in [1.165, 1.54) is 0 Å². The van der Waals surface area contributed by atoms with E-state index >= 15 is 0 Å². The molecule has 4 nitrogen and oxygen atoms in total. The summed E-state index contributed by atoms with van der Waals surface area (Å²) in [4.78, 5) is 11.0. The number of ether oxygens (including phenoxy) is 2. The second kappa shape index (κ2) is 1.59. The lowest BCUT2D eigenvalue weighted by Gasteiger charge is -2.15. The molecule has 0 aromatic heterocycles. The van der Waals surface area contributed by atoms with E-state index in [4.69, 9.17) is 9.47 Å². The quantitative estimate of drug-likeness (QED) is 0.460. The number of esters is 1. The highest BCUT2D eigenvalue weighted by atomic mass is 16.6. The number of carbonyl (C=O) groups excluding carboxylic acids is 1. The molecule has 2 bridgehead atoms. The van der Waals surface area contributed by atoms with Gasteiger partial charge in [0.15, 0.2) is 6.10 Å². The molecule has 3 heterocycles. The normalized spacial score (nSPS) is 58.6. The molecular formula is C7H8O4. The molecular weight excluding hydrogens is 148 g/mol. The molecule has 0 spiro atoms. The van der Waals surface area contributed by atoms with Crippen LogP contribution in [0.5, 0.6) is 0 Å². The fraction of sp³-hybridized carbons (Fsp3) is 0.857. The van der Waals surface area contributed by atoms with E-state index in [0.29, 0.717) is 6.42 Å². The lowest BCUT2D eigenvalue weighted by atomic mass is 9.88. The summed E-state index contributed by atoms with van der Waals surface area (Å²) in [6.07, 6.45) is -0.612. The maximum Gasteiger partial charge on any atom is 0.312 e. The molecule has 0 radical (unpaired) electrons. The van der Waals surface area contributed by atoms with Gasteiger partial charge in [-0.1, -0.05) is 0 Å². The fourth-order valence-corrected chi connectivity index (χ4v) is 2.26. The first-order valence-corrected chi connectivity index (χ1v) is 3.81. The highest BCUT2D eigenvalue weighted by Crippen LogP contribution is 2.45. The van der Waals surface area contributed by atoms with Crippen LogP contribution in [-0.4, -0.2) is 35.5 Å². The van der Waals surface area contributed by atoms with Crippen molar-refractivity contribution in [3.63, 3.8) is 0 Å². The highest BCUT2D eigenvalue weighted by Gasteiger charge is 2.63. The van der Waals surface area contributed by atoms with Gasteiger partial charge in [-0.15, -0.1) is 0 Å². The molecule has 0 saturated carbocycles. The molecule has 5 atom stereocenters. The van der Waals surface area contributed by atoms with Gasteiger partial charge in [-0.3, -0.25) is 4.79 Å². The number of fused-ring (bicyclic) bond motifs is 1. The number of hydrogen-bond acceptors (Lipinski definition) is 4. The Balaban J connectivity index is 2.04. The van der Waals surface area contributed by atoms with Gasteiger partial charge in [-0.05, 0) is 6.42 Å². The van der Waals surface area contributed by atoms with Crippen LogP contribution in [0.1, 0.15) is 6.42 Å². The second-order valence-electron chi connectivity index (χ2n) is 3.37. The molecule has 0 aromatic rings. The summed E-state index contributed by atoms with van der Waals surface area (Å²) in [6, 6.07) is 0. The molecule has 1 N–H and O–H groups in total. The fourth-order valence-electron chi connectivity index (χ4n) is 2.26. The van der Waals surface area contributed by atoms with Crippen molar-refractivity contribution < 1.29 is 19.4 Å². The zero-order chi connectivity index (χ0) is 7.59. The van der Waals surface area contributed by atoms with Gasteiger partial charge >= 0.3 is 5.97 Å². The first-order valence-electron chi connectivity index (χ1n) is 3.81. The summed E-state index contributed by atoms with van der Waals surface area (Å²) in [6.45, 7) is 0. The molecule has 3 fully saturated rings. The molecule has 3 aliphatic heterocycles. The Morgan fingerprint density at radius 2 is 2.27 bits per heavy atom. The minimum Gasteiger partial charge on any atom is -0.456 e. The van der Waals surface area contributed by atoms with E-state index in [1.54, 1.807) is 0 Å². The summed E-state index contributed by atoms with van der Waals surface area (Å²) in [5, 5.41) is 9.42. The Hall–Kier alpha value is -0.610. The van der Waals surface area contributed by atoms with E-state index in [2.05, 4.69) is 0 Å². The second-order valence-corrected chi connectivity index (χ2v) is 3.37. The third-order valence-corrected chi connectivity index (χ3v) is 2.81. The summed E-state index contributed by atoms with van der Waals surface area (Å²) in [5.41, 5.74) is 0. The van der Waals surface area contributed by atoms with E-state index < -0.39 is 6.10 Å². The number of carbonyl (C=O) groups is 1. The number of hydrogen-bond donors (Lipinski definition) is 1. The van der Waals surface area contributed by atoms with Crippen molar-refractivity contribution in [1.82, 2.24) is 0 Å². The lowest BCUT2D eigenvalue weighted by Crippen LogP contribution is -2.36. The van der Waals surface area contributed by atoms with E-state index in [-0.39, 0.29) is 30.2 Å². The molecule has 0 aromatic carbocycles. The minimum atomic E-state index is -0.581. The molecule has 3 aliphatic rings. The van der Waals surface area contributed by atoms with Gasteiger partial charge in [0.2, 0.25) is 0 Å². The van der Waals surface area contributed by atoms with Crippen LogP contribution in [0.3, 0.4) is 0 Å². The predicted octanol–water partition coefficient (Wildman–Crippen LogP) is -0.940. The largest absolute Gasteiger partial charge is 0.456 e. The Labute approximate surface area is 63.1 Å². The summed E-state index contributed by atoms with van der Waals surface area (Å²) in [7, 11) is 0. The van der Waals surface area contributed by atoms with Crippen molar-refractivity contribution in [1.29, 1.82) is 0 Å². The van der Waals surface area contributed by atoms with Crippen molar-refractivity contribution in [2.75, 3.05) is 0 Å². The van der Waals surface area contributed by atoms with Gasteiger partial charge in [0.05, 0.1) is 12.0 Å². The lowest BCUT2D eigenvalue weighted by molar-refractivity contribution is -0.145. The number of rotatable bonds is 0. The third-order valence-electron chi connectivity index (χ3n) is 2.81. The van der Waals surface area contributed by atoms with Gasteiger partial charge in [-0.2, -0.15) is 0 Å². The molecule has 5 unspecified atom stereocenters. The van der Waals surface area contributed by atoms with Crippen molar-refractivity contribution in [2.24, 2.45) is 5.92 Å². The Morgan fingerprint density at radius 3 is 2.91 bits per heavy atom. The average molecular weight is 156 g/mol. The van der Waals surface area contributed by atoms with E-state index in [0.717, 1.165) is 0 Å². The van der Waals surface area contributed by atoms with Crippen LogP contribution in [-0.2, 0) is 14.3 Å². The van der Waals surface area contributed by atoms with Gasteiger partial charge in [0, 0.05) is 0 Å².